The zero-order chi connectivity index (χ0) is 14.7. The molecule has 2 atom stereocenters. The molecule has 6 heteroatoms. The fraction of sp³-hybridized carbons (Fsp3) is 0.667. The van der Waals surface area contributed by atoms with E-state index in [-0.39, 0.29) is 0 Å². The van der Waals surface area contributed by atoms with Gasteiger partial charge in [-0.3, -0.25) is 4.68 Å². The summed E-state index contributed by atoms with van der Waals surface area (Å²) in [6, 6.07) is 2.54. The van der Waals surface area contributed by atoms with Crippen molar-refractivity contribution < 1.29 is 0 Å². The molecule has 2 aromatic heterocycles. The molecule has 1 saturated carbocycles. The third kappa shape index (κ3) is 3.48. The Morgan fingerprint density at radius 1 is 1.33 bits per heavy atom. The zero-order valence-electron chi connectivity index (χ0n) is 12.8. The Labute approximate surface area is 130 Å². The Morgan fingerprint density at radius 3 is 3.00 bits per heavy atom. The quantitative estimate of drug-likeness (QED) is 0.795. The lowest BCUT2D eigenvalue weighted by Crippen LogP contribution is -2.19. The first kappa shape index (κ1) is 14.6. The van der Waals surface area contributed by atoms with Gasteiger partial charge in [0.05, 0.1) is 6.54 Å². The van der Waals surface area contributed by atoms with Crippen LogP contribution in [-0.4, -0.2) is 30.3 Å². The molecular formula is C15H23N5S. The summed E-state index contributed by atoms with van der Waals surface area (Å²) in [5.41, 5.74) is 0. The SMILES string of the molecule is Cc1nnc(SCCn2cccn2)n1[C@H]1CCC[C@@H](C)C1. The number of aryl methyl sites for hydroxylation is 2. The fourth-order valence-corrected chi connectivity index (χ4v) is 4.15. The molecule has 0 aromatic carbocycles. The maximum absolute atomic E-state index is 4.38. The van der Waals surface area contributed by atoms with Gasteiger partial charge >= 0.3 is 0 Å². The summed E-state index contributed by atoms with van der Waals surface area (Å²) in [6.07, 6.45) is 9.02. The standard InChI is InChI=1S/C15H23N5S/c1-12-5-3-6-14(11-12)20-13(2)17-18-15(20)21-10-9-19-8-4-7-16-19/h4,7-8,12,14H,3,5-6,9-11H2,1-2H3/t12-,14+/m1/s1. The van der Waals surface area contributed by atoms with Crippen LogP contribution in [0.1, 0.15) is 44.5 Å². The average Bonchev–Trinajstić information content (AvgIpc) is 3.09. The minimum atomic E-state index is 0.580. The predicted octanol–water partition coefficient (Wildman–Crippen LogP) is 3.33. The van der Waals surface area contributed by atoms with Gasteiger partial charge in [-0.15, -0.1) is 10.2 Å². The first-order valence-corrected chi connectivity index (χ1v) is 8.74. The van der Waals surface area contributed by atoms with Gasteiger partial charge in [-0.1, -0.05) is 31.5 Å². The minimum Gasteiger partial charge on any atom is -0.303 e. The molecule has 5 nitrogen and oxygen atoms in total. The molecule has 1 aliphatic carbocycles. The van der Waals surface area contributed by atoms with Gasteiger partial charge in [0.25, 0.3) is 0 Å². The summed E-state index contributed by atoms with van der Waals surface area (Å²) in [5.74, 6) is 2.84. The second-order valence-corrected chi connectivity index (χ2v) is 7.01. The molecule has 0 N–H and O–H groups in total. The van der Waals surface area contributed by atoms with Crippen LogP contribution in [0.3, 0.4) is 0 Å². The first-order valence-electron chi connectivity index (χ1n) is 7.76. The van der Waals surface area contributed by atoms with E-state index in [1.807, 2.05) is 23.1 Å². The lowest BCUT2D eigenvalue weighted by Gasteiger charge is -2.29. The third-order valence-electron chi connectivity index (χ3n) is 4.22. The predicted molar refractivity (Wildman–Crippen MR) is 84.4 cm³/mol. The molecule has 2 aromatic rings. The topological polar surface area (TPSA) is 48.5 Å². The van der Waals surface area contributed by atoms with Crippen molar-refractivity contribution in [2.45, 2.75) is 57.3 Å². The molecule has 2 heterocycles. The highest BCUT2D eigenvalue weighted by Gasteiger charge is 2.24. The molecule has 0 spiro atoms. The fourth-order valence-electron chi connectivity index (χ4n) is 3.17. The Kier molecular flexibility index (Phi) is 4.63. The van der Waals surface area contributed by atoms with Crippen LogP contribution in [0.15, 0.2) is 23.6 Å². The van der Waals surface area contributed by atoms with Crippen LogP contribution < -0.4 is 0 Å². The summed E-state index contributed by atoms with van der Waals surface area (Å²) in [5, 5.41) is 14.0. The number of rotatable bonds is 5. The number of hydrogen-bond donors (Lipinski definition) is 0. The molecule has 114 valence electrons. The molecule has 1 fully saturated rings. The normalized spacial score (nSPS) is 22.6. The summed E-state index contributed by atoms with van der Waals surface area (Å²) < 4.78 is 4.33. The van der Waals surface area contributed by atoms with Crippen LogP contribution in [-0.2, 0) is 6.54 Å². The molecule has 1 aliphatic rings. The van der Waals surface area contributed by atoms with Gasteiger partial charge in [0.2, 0.25) is 0 Å². The second kappa shape index (κ2) is 6.64. The van der Waals surface area contributed by atoms with Crippen LogP contribution in [0.5, 0.6) is 0 Å². The zero-order valence-corrected chi connectivity index (χ0v) is 13.6. The van der Waals surface area contributed by atoms with Gasteiger partial charge in [-0.05, 0) is 31.7 Å². The van der Waals surface area contributed by atoms with Gasteiger partial charge in [-0.25, -0.2) is 0 Å². The Morgan fingerprint density at radius 2 is 2.24 bits per heavy atom. The highest BCUT2D eigenvalue weighted by Crippen LogP contribution is 2.35. The van der Waals surface area contributed by atoms with E-state index in [4.69, 9.17) is 0 Å². The van der Waals surface area contributed by atoms with Crippen molar-refractivity contribution in [3.8, 4) is 0 Å². The van der Waals surface area contributed by atoms with E-state index in [9.17, 15) is 0 Å². The van der Waals surface area contributed by atoms with E-state index in [2.05, 4.69) is 33.7 Å². The van der Waals surface area contributed by atoms with Crippen molar-refractivity contribution in [1.82, 2.24) is 24.5 Å². The number of nitrogens with zero attached hydrogens (tertiary/aromatic N) is 5. The summed E-state index contributed by atoms with van der Waals surface area (Å²) in [6.45, 7) is 5.34. The van der Waals surface area contributed by atoms with E-state index < -0.39 is 0 Å². The van der Waals surface area contributed by atoms with Crippen molar-refractivity contribution in [2.75, 3.05) is 5.75 Å². The Hall–Kier alpha value is -1.30. The van der Waals surface area contributed by atoms with Gasteiger partial charge < -0.3 is 4.57 Å². The summed E-state index contributed by atoms with van der Waals surface area (Å²) in [7, 11) is 0. The highest BCUT2D eigenvalue weighted by molar-refractivity contribution is 7.99. The van der Waals surface area contributed by atoms with Crippen molar-refractivity contribution in [3.63, 3.8) is 0 Å². The molecule has 0 unspecified atom stereocenters. The Bertz CT molecular complexity index is 563. The largest absolute Gasteiger partial charge is 0.303 e. The monoisotopic (exact) mass is 305 g/mol. The molecule has 0 radical (unpaired) electrons. The lowest BCUT2D eigenvalue weighted by atomic mass is 9.87. The van der Waals surface area contributed by atoms with E-state index in [1.54, 1.807) is 11.8 Å². The van der Waals surface area contributed by atoms with Gasteiger partial charge in [0.15, 0.2) is 5.16 Å². The van der Waals surface area contributed by atoms with Gasteiger partial charge in [0.1, 0.15) is 5.82 Å². The molecule has 3 rings (SSSR count). The van der Waals surface area contributed by atoms with Crippen molar-refractivity contribution in [2.24, 2.45) is 5.92 Å². The average molecular weight is 305 g/mol. The molecule has 0 aliphatic heterocycles. The third-order valence-corrected chi connectivity index (χ3v) is 5.14. The molecule has 21 heavy (non-hydrogen) atoms. The van der Waals surface area contributed by atoms with E-state index in [0.29, 0.717) is 6.04 Å². The van der Waals surface area contributed by atoms with Crippen LogP contribution >= 0.6 is 11.8 Å². The smallest absolute Gasteiger partial charge is 0.191 e. The van der Waals surface area contributed by atoms with Crippen molar-refractivity contribution in [3.05, 3.63) is 24.3 Å². The second-order valence-electron chi connectivity index (χ2n) is 5.94. The van der Waals surface area contributed by atoms with Crippen molar-refractivity contribution in [1.29, 1.82) is 0 Å². The lowest BCUT2D eigenvalue weighted by molar-refractivity contribution is 0.268. The van der Waals surface area contributed by atoms with Crippen LogP contribution in [0.2, 0.25) is 0 Å². The molecule has 0 saturated heterocycles. The maximum Gasteiger partial charge on any atom is 0.191 e. The number of aromatic nitrogens is 5. The molecular weight excluding hydrogens is 282 g/mol. The van der Waals surface area contributed by atoms with E-state index in [0.717, 1.165) is 29.2 Å². The summed E-state index contributed by atoms with van der Waals surface area (Å²) >= 11 is 1.79. The van der Waals surface area contributed by atoms with E-state index in [1.165, 1.54) is 25.7 Å². The van der Waals surface area contributed by atoms with Crippen LogP contribution in [0.4, 0.5) is 0 Å². The molecule has 0 bridgehead atoms. The highest BCUT2D eigenvalue weighted by atomic mass is 32.2. The van der Waals surface area contributed by atoms with Crippen LogP contribution in [0, 0.1) is 12.8 Å². The number of thioether (sulfide) groups is 1. The minimum absolute atomic E-state index is 0.580. The number of hydrogen-bond acceptors (Lipinski definition) is 4. The Balaban J connectivity index is 1.65. The summed E-state index contributed by atoms with van der Waals surface area (Å²) in [4.78, 5) is 0. The van der Waals surface area contributed by atoms with Gasteiger partial charge in [0, 0.05) is 24.2 Å². The van der Waals surface area contributed by atoms with Crippen molar-refractivity contribution >= 4 is 11.8 Å². The van der Waals surface area contributed by atoms with E-state index >= 15 is 0 Å². The van der Waals surface area contributed by atoms with Gasteiger partial charge in [-0.2, -0.15) is 5.10 Å². The molecule has 0 amide bonds. The maximum atomic E-state index is 4.38. The first-order chi connectivity index (χ1) is 10.2. The van der Waals surface area contributed by atoms with Crippen LogP contribution in [0.25, 0.3) is 0 Å².